The molecule has 19 heavy (non-hydrogen) atoms. The molecule has 0 radical (unpaired) electrons. The van der Waals surface area contributed by atoms with E-state index in [9.17, 15) is 4.79 Å². The number of carbonyl (C=O) groups is 1. The zero-order valence-electron chi connectivity index (χ0n) is 11.1. The summed E-state index contributed by atoms with van der Waals surface area (Å²) in [5, 5.41) is 2.63. The maximum atomic E-state index is 11.4. The van der Waals surface area contributed by atoms with Gasteiger partial charge in [0, 0.05) is 13.1 Å². The molecule has 0 heterocycles. The standard InChI is InChI=1S/C14H20N2O3/c1-3-7-16-14(17)10-19-12-6-5-11(9-15)8-13(12)18-4-2/h3,5-6,8H,1,4,7,9-10,15H2,2H3,(H,16,17). The Bertz CT molecular complexity index is 433. The van der Waals surface area contributed by atoms with E-state index in [2.05, 4.69) is 11.9 Å². The van der Waals surface area contributed by atoms with Gasteiger partial charge in [-0.05, 0) is 24.6 Å². The Morgan fingerprint density at radius 2 is 2.21 bits per heavy atom. The summed E-state index contributed by atoms with van der Waals surface area (Å²) in [7, 11) is 0. The van der Waals surface area contributed by atoms with E-state index in [-0.39, 0.29) is 12.5 Å². The summed E-state index contributed by atoms with van der Waals surface area (Å²) >= 11 is 0. The number of nitrogens with one attached hydrogen (secondary N) is 1. The van der Waals surface area contributed by atoms with Crippen molar-refractivity contribution in [3.63, 3.8) is 0 Å². The second kappa shape index (κ2) is 8.16. The minimum Gasteiger partial charge on any atom is -0.490 e. The number of carbonyl (C=O) groups excluding carboxylic acids is 1. The Hall–Kier alpha value is -2.01. The maximum Gasteiger partial charge on any atom is 0.258 e. The molecule has 0 fully saturated rings. The van der Waals surface area contributed by atoms with Gasteiger partial charge in [0.05, 0.1) is 6.61 Å². The highest BCUT2D eigenvalue weighted by atomic mass is 16.5. The largest absolute Gasteiger partial charge is 0.490 e. The van der Waals surface area contributed by atoms with Crippen LogP contribution in [0.25, 0.3) is 0 Å². The van der Waals surface area contributed by atoms with E-state index < -0.39 is 0 Å². The summed E-state index contributed by atoms with van der Waals surface area (Å²) < 4.78 is 10.9. The summed E-state index contributed by atoms with van der Waals surface area (Å²) in [5.41, 5.74) is 6.52. The van der Waals surface area contributed by atoms with Crippen molar-refractivity contribution < 1.29 is 14.3 Å². The lowest BCUT2D eigenvalue weighted by molar-refractivity contribution is -0.122. The van der Waals surface area contributed by atoms with Gasteiger partial charge in [-0.15, -0.1) is 6.58 Å². The van der Waals surface area contributed by atoms with E-state index in [1.807, 2.05) is 19.1 Å². The summed E-state index contributed by atoms with van der Waals surface area (Å²) in [6.07, 6.45) is 1.61. The molecule has 1 aromatic rings. The number of nitrogens with two attached hydrogens (primary N) is 1. The molecule has 0 atom stereocenters. The van der Waals surface area contributed by atoms with Crippen molar-refractivity contribution in [2.75, 3.05) is 19.8 Å². The number of hydrogen-bond acceptors (Lipinski definition) is 4. The molecule has 104 valence electrons. The lowest BCUT2D eigenvalue weighted by Crippen LogP contribution is -2.28. The van der Waals surface area contributed by atoms with Crippen LogP contribution in [0.15, 0.2) is 30.9 Å². The van der Waals surface area contributed by atoms with E-state index in [1.165, 1.54) is 0 Å². The Morgan fingerprint density at radius 1 is 1.42 bits per heavy atom. The van der Waals surface area contributed by atoms with Gasteiger partial charge in [-0.1, -0.05) is 12.1 Å². The minimum absolute atomic E-state index is 0.0596. The molecule has 5 nitrogen and oxygen atoms in total. The highest BCUT2D eigenvalue weighted by Crippen LogP contribution is 2.28. The van der Waals surface area contributed by atoms with Crippen molar-refractivity contribution in [2.24, 2.45) is 5.73 Å². The van der Waals surface area contributed by atoms with Crippen molar-refractivity contribution in [3.05, 3.63) is 36.4 Å². The quantitative estimate of drug-likeness (QED) is 0.692. The average molecular weight is 264 g/mol. The van der Waals surface area contributed by atoms with E-state index in [4.69, 9.17) is 15.2 Å². The van der Waals surface area contributed by atoms with Gasteiger partial charge < -0.3 is 20.5 Å². The third-order valence-electron chi connectivity index (χ3n) is 2.35. The van der Waals surface area contributed by atoms with Gasteiger partial charge in [-0.3, -0.25) is 4.79 Å². The second-order valence-corrected chi connectivity index (χ2v) is 3.80. The number of amides is 1. The fourth-order valence-corrected chi connectivity index (χ4v) is 1.45. The summed E-state index contributed by atoms with van der Waals surface area (Å²) in [4.78, 5) is 11.4. The van der Waals surface area contributed by atoms with Crippen molar-refractivity contribution >= 4 is 5.91 Å². The average Bonchev–Trinajstić information content (AvgIpc) is 2.43. The van der Waals surface area contributed by atoms with Gasteiger partial charge >= 0.3 is 0 Å². The number of ether oxygens (including phenoxy) is 2. The lowest BCUT2D eigenvalue weighted by atomic mass is 10.2. The smallest absolute Gasteiger partial charge is 0.258 e. The topological polar surface area (TPSA) is 73.6 Å². The fraction of sp³-hybridized carbons (Fsp3) is 0.357. The number of rotatable bonds is 8. The highest BCUT2D eigenvalue weighted by Gasteiger charge is 2.08. The van der Waals surface area contributed by atoms with Crippen LogP contribution < -0.4 is 20.5 Å². The molecule has 0 aliphatic heterocycles. The van der Waals surface area contributed by atoms with Crippen LogP contribution in [0.2, 0.25) is 0 Å². The van der Waals surface area contributed by atoms with Gasteiger partial charge in [-0.25, -0.2) is 0 Å². The first-order chi connectivity index (χ1) is 9.21. The first kappa shape index (κ1) is 15.0. The molecule has 0 aliphatic carbocycles. The number of hydrogen-bond donors (Lipinski definition) is 2. The van der Waals surface area contributed by atoms with Crippen molar-refractivity contribution in [2.45, 2.75) is 13.5 Å². The summed E-state index contributed by atoms with van der Waals surface area (Å²) in [6.45, 7) is 6.72. The molecule has 0 saturated carbocycles. The zero-order chi connectivity index (χ0) is 14.1. The first-order valence-corrected chi connectivity index (χ1v) is 6.17. The Balaban J connectivity index is 2.65. The van der Waals surface area contributed by atoms with E-state index in [1.54, 1.807) is 12.1 Å². The molecule has 0 aliphatic rings. The van der Waals surface area contributed by atoms with Gasteiger partial charge in [0.25, 0.3) is 5.91 Å². The highest BCUT2D eigenvalue weighted by molar-refractivity contribution is 5.77. The molecule has 0 unspecified atom stereocenters. The second-order valence-electron chi connectivity index (χ2n) is 3.80. The SMILES string of the molecule is C=CCNC(=O)COc1ccc(CN)cc1OCC. The van der Waals surface area contributed by atoms with E-state index in [0.717, 1.165) is 5.56 Å². The summed E-state index contributed by atoms with van der Waals surface area (Å²) in [6, 6.07) is 5.42. The molecule has 3 N–H and O–H groups in total. The van der Waals surface area contributed by atoms with E-state index >= 15 is 0 Å². The van der Waals surface area contributed by atoms with E-state index in [0.29, 0.717) is 31.2 Å². The zero-order valence-corrected chi connectivity index (χ0v) is 11.1. The van der Waals surface area contributed by atoms with Crippen molar-refractivity contribution in [1.82, 2.24) is 5.32 Å². The molecular formula is C14H20N2O3. The third-order valence-corrected chi connectivity index (χ3v) is 2.35. The molecule has 0 spiro atoms. The molecule has 5 heteroatoms. The van der Waals surface area contributed by atoms with Crippen LogP contribution in [0.5, 0.6) is 11.5 Å². The lowest BCUT2D eigenvalue weighted by Gasteiger charge is -2.12. The third kappa shape index (κ3) is 5.01. The summed E-state index contributed by atoms with van der Waals surface area (Å²) in [5.74, 6) is 0.931. The van der Waals surface area contributed by atoms with Gasteiger partial charge in [-0.2, -0.15) is 0 Å². The van der Waals surface area contributed by atoms with Crippen LogP contribution in [0.4, 0.5) is 0 Å². The van der Waals surface area contributed by atoms with Gasteiger partial charge in [0.15, 0.2) is 18.1 Å². The Kier molecular flexibility index (Phi) is 6.46. The molecule has 1 amide bonds. The molecule has 0 aromatic heterocycles. The molecule has 1 aromatic carbocycles. The molecule has 0 saturated heterocycles. The monoisotopic (exact) mass is 264 g/mol. The predicted molar refractivity (Wildman–Crippen MR) is 74.2 cm³/mol. The van der Waals surface area contributed by atoms with Crippen LogP contribution in [0, 0.1) is 0 Å². The van der Waals surface area contributed by atoms with Crippen molar-refractivity contribution in [1.29, 1.82) is 0 Å². The molecule has 1 rings (SSSR count). The van der Waals surface area contributed by atoms with Gasteiger partial charge in [0.2, 0.25) is 0 Å². The fourth-order valence-electron chi connectivity index (χ4n) is 1.45. The predicted octanol–water partition coefficient (Wildman–Crippen LogP) is 1.22. The maximum absolute atomic E-state index is 11.4. The van der Waals surface area contributed by atoms with Crippen LogP contribution in [-0.2, 0) is 11.3 Å². The Labute approximate surface area is 113 Å². The van der Waals surface area contributed by atoms with Gasteiger partial charge in [0.1, 0.15) is 0 Å². The van der Waals surface area contributed by atoms with Crippen LogP contribution >= 0.6 is 0 Å². The minimum atomic E-state index is -0.203. The molecular weight excluding hydrogens is 244 g/mol. The van der Waals surface area contributed by atoms with Crippen LogP contribution in [0.3, 0.4) is 0 Å². The molecule has 0 bridgehead atoms. The van der Waals surface area contributed by atoms with Crippen LogP contribution in [0.1, 0.15) is 12.5 Å². The first-order valence-electron chi connectivity index (χ1n) is 6.17. The Morgan fingerprint density at radius 3 is 2.84 bits per heavy atom. The van der Waals surface area contributed by atoms with Crippen molar-refractivity contribution in [3.8, 4) is 11.5 Å². The number of benzene rings is 1. The normalized spacial score (nSPS) is 9.79. The van der Waals surface area contributed by atoms with Crippen LogP contribution in [-0.4, -0.2) is 25.7 Å².